The Hall–Kier alpha value is -2.57. The van der Waals surface area contributed by atoms with Crippen molar-refractivity contribution in [1.82, 2.24) is 5.32 Å². The summed E-state index contributed by atoms with van der Waals surface area (Å²) in [4.78, 5) is 27.4. The Kier molecular flexibility index (Phi) is 7.45. The van der Waals surface area contributed by atoms with Crippen LogP contribution >= 0.6 is 0 Å². The Bertz CT molecular complexity index is 511. The zero-order valence-corrected chi connectivity index (χ0v) is 12.9. The summed E-state index contributed by atoms with van der Waals surface area (Å²) in [7, 11) is 1.58. The number of nitrogens with zero attached hydrogens (tertiary/aromatic N) is 1. The van der Waals surface area contributed by atoms with Gasteiger partial charge in [0, 0.05) is 6.04 Å². The van der Waals surface area contributed by atoms with Crippen LogP contribution in [0.2, 0.25) is 0 Å². The molecule has 0 bridgehead atoms. The molecule has 120 valence electrons. The number of benzene rings is 1. The molecule has 1 aromatic carbocycles. The highest BCUT2D eigenvalue weighted by Gasteiger charge is 2.08. The number of rotatable bonds is 8. The van der Waals surface area contributed by atoms with Gasteiger partial charge in [-0.1, -0.05) is 5.16 Å². The van der Waals surface area contributed by atoms with Gasteiger partial charge in [0.15, 0.2) is 6.61 Å². The fourth-order valence-corrected chi connectivity index (χ4v) is 1.43. The summed E-state index contributed by atoms with van der Waals surface area (Å²) in [5.74, 6) is -0.280. The Morgan fingerprint density at radius 2 is 1.91 bits per heavy atom. The first-order valence-corrected chi connectivity index (χ1v) is 6.75. The maximum Gasteiger partial charge on any atom is 0.347 e. The molecule has 22 heavy (non-hydrogen) atoms. The van der Waals surface area contributed by atoms with E-state index in [0.717, 1.165) is 11.3 Å². The number of methoxy groups -OCH3 is 1. The number of nitrogens with one attached hydrogen (secondary N) is 1. The van der Waals surface area contributed by atoms with Crippen molar-refractivity contribution in [3.63, 3.8) is 0 Å². The molecule has 1 amide bonds. The number of amides is 1. The molecule has 0 unspecified atom stereocenters. The number of hydrogen-bond donors (Lipinski definition) is 1. The average molecular weight is 308 g/mol. The van der Waals surface area contributed by atoms with Crippen molar-refractivity contribution in [2.24, 2.45) is 5.16 Å². The lowest BCUT2D eigenvalue weighted by Crippen LogP contribution is -2.34. The highest BCUT2D eigenvalue weighted by molar-refractivity contribution is 5.81. The largest absolute Gasteiger partial charge is 0.497 e. The molecule has 0 fully saturated rings. The lowest BCUT2D eigenvalue weighted by Gasteiger charge is -2.08. The summed E-state index contributed by atoms with van der Waals surface area (Å²) in [6, 6.07) is 7.14. The topological polar surface area (TPSA) is 86.2 Å². The molecule has 0 aromatic heterocycles. The van der Waals surface area contributed by atoms with Gasteiger partial charge in [0.25, 0.3) is 5.91 Å². The molecule has 1 N–H and O–H groups in total. The van der Waals surface area contributed by atoms with Crippen molar-refractivity contribution >= 4 is 18.1 Å². The first-order valence-electron chi connectivity index (χ1n) is 6.75. The van der Waals surface area contributed by atoms with Crippen molar-refractivity contribution in [3.05, 3.63) is 29.8 Å². The van der Waals surface area contributed by atoms with E-state index in [9.17, 15) is 9.59 Å². The molecule has 0 aliphatic carbocycles. The third-order valence-corrected chi connectivity index (χ3v) is 2.39. The maximum absolute atomic E-state index is 11.3. The number of esters is 1. The van der Waals surface area contributed by atoms with Crippen molar-refractivity contribution in [2.75, 3.05) is 20.3 Å². The fraction of sp³-hybridized carbons (Fsp3) is 0.400. The van der Waals surface area contributed by atoms with E-state index in [2.05, 4.69) is 10.5 Å². The Labute approximate surface area is 129 Å². The molecule has 0 atom stereocenters. The van der Waals surface area contributed by atoms with Gasteiger partial charge >= 0.3 is 5.97 Å². The summed E-state index contributed by atoms with van der Waals surface area (Å²) in [5, 5.41) is 6.24. The molecule has 0 aliphatic heterocycles. The smallest absolute Gasteiger partial charge is 0.347 e. The minimum atomic E-state index is -0.661. The van der Waals surface area contributed by atoms with Gasteiger partial charge < -0.3 is 19.6 Å². The van der Waals surface area contributed by atoms with Gasteiger partial charge in [-0.05, 0) is 43.7 Å². The van der Waals surface area contributed by atoms with E-state index in [1.807, 2.05) is 13.8 Å². The molecular formula is C15H20N2O5. The van der Waals surface area contributed by atoms with Crippen molar-refractivity contribution in [1.29, 1.82) is 0 Å². The maximum atomic E-state index is 11.3. The van der Waals surface area contributed by atoms with Gasteiger partial charge in [0.1, 0.15) is 5.75 Å². The van der Waals surface area contributed by atoms with Gasteiger partial charge in [0.2, 0.25) is 6.61 Å². The first-order chi connectivity index (χ1) is 10.5. The first kappa shape index (κ1) is 17.5. The zero-order valence-electron chi connectivity index (χ0n) is 12.9. The molecule has 0 aliphatic rings. The molecule has 1 rings (SSSR count). The second-order valence-electron chi connectivity index (χ2n) is 4.66. The van der Waals surface area contributed by atoms with Gasteiger partial charge in [-0.2, -0.15) is 0 Å². The van der Waals surface area contributed by atoms with E-state index in [1.165, 1.54) is 6.21 Å². The molecular weight excluding hydrogens is 288 g/mol. The predicted octanol–water partition coefficient (Wildman–Crippen LogP) is 1.11. The molecule has 0 heterocycles. The number of carbonyl (C=O) groups excluding carboxylic acids is 2. The molecule has 0 radical (unpaired) electrons. The third kappa shape index (κ3) is 7.28. The Balaban J connectivity index is 2.23. The van der Waals surface area contributed by atoms with E-state index in [1.54, 1.807) is 31.4 Å². The average Bonchev–Trinajstić information content (AvgIpc) is 2.49. The van der Waals surface area contributed by atoms with Gasteiger partial charge in [-0.3, -0.25) is 4.79 Å². The molecule has 7 heteroatoms. The summed E-state index contributed by atoms with van der Waals surface area (Å²) in [6.45, 7) is 2.94. The van der Waals surface area contributed by atoms with Crippen molar-refractivity contribution in [2.45, 2.75) is 19.9 Å². The van der Waals surface area contributed by atoms with Crippen LogP contribution in [0.1, 0.15) is 19.4 Å². The van der Waals surface area contributed by atoms with Crippen LogP contribution < -0.4 is 10.1 Å². The molecule has 1 aromatic rings. The van der Waals surface area contributed by atoms with E-state index in [-0.39, 0.29) is 25.2 Å². The van der Waals surface area contributed by atoms with Crippen LogP contribution in [0.4, 0.5) is 0 Å². The van der Waals surface area contributed by atoms with Crippen molar-refractivity contribution in [3.8, 4) is 5.75 Å². The van der Waals surface area contributed by atoms with E-state index in [0.29, 0.717) is 0 Å². The number of ether oxygens (including phenoxy) is 2. The monoisotopic (exact) mass is 308 g/mol. The van der Waals surface area contributed by atoms with Crippen LogP contribution in [0.3, 0.4) is 0 Å². The van der Waals surface area contributed by atoms with Crippen molar-refractivity contribution < 1.29 is 23.9 Å². The van der Waals surface area contributed by atoms with E-state index in [4.69, 9.17) is 14.3 Å². The highest BCUT2D eigenvalue weighted by atomic mass is 16.7. The standard InChI is InChI=1S/C15H20N2O5/c1-11(2)17-14(18)9-21-15(19)10-22-16-8-12-4-6-13(20-3)7-5-12/h4-8,11H,9-10H2,1-3H3,(H,17,18)/b16-8-. The molecule has 0 saturated heterocycles. The van der Waals surface area contributed by atoms with Crippen LogP contribution in [0, 0.1) is 0 Å². The number of oxime groups is 1. The summed E-state index contributed by atoms with van der Waals surface area (Å²) in [5.41, 5.74) is 0.797. The second kappa shape index (κ2) is 9.38. The normalized spacial score (nSPS) is 10.5. The van der Waals surface area contributed by atoms with E-state index >= 15 is 0 Å². The minimum Gasteiger partial charge on any atom is -0.497 e. The van der Waals surface area contributed by atoms with Crippen LogP contribution in [0.25, 0.3) is 0 Å². The number of hydrogen-bond acceptors (Lipinski definition) is 6. The second-order valence-corrected chi connectivity index (χ2v) is 4.66. The van der Waals surface area contributed by atoms with Gasteiger partial charge in [0.05, 0.1) is 13.3 Å². The summed E-state index contributed by atoms with van der Waals surface area (Å²) >= 11 is 0. The highest BCUT2D eigenvalue weighted by Crippen LogP contribution is 2.09. The third-order valence-electron chi connectivity index (χ3n) is 2.39. The molecule has 0 saturated carbocycles. The predicted molar refractivity (Wildman–Crippen MR) is 80.8 cm³/mol. The van der Waals surface area contributed by atoms with E-state index < -0.39 is 5.97 Å². The van der Waals surface area contributed by atoms with Crippen LogP contribution in [0.15, 0.2) is 29.4 Å². The summed E-state index contributed by atoms with van der Waals surface area (Å²) < 4.78 is 9.75. The van der Waals surface area contributed by atoms with Crippen LogP contribution in [-0.4, -0.2) is 44.5 Å². The van der Waals surface area contributed by atoms with Gasteiger partial charge in [-0.25, -0.2) is 4.79 Å². The zero-order chi connectivity index (χ0) is 16.4. The SMILES string of the molecule is COc1ccc(/C=N\OCC(=O)OCC(=O)NC(C)C)cc1. The van der Waals surface area contributed by atoms with Gasteiger partial charge in [-0.15, -0.1) is 0 Å². The molecule has 0 spiro atoms. The summed E-state index contributed by atoms with van der Waals surface area (Å²) in [6.07, 6.45) is 1.46. The Morgan fingerprint density at radius 1 is 1.23 bits per heavy atom. The van der Waals surface area contributed by atoms with Crippen LogP contribution in [0.5, 0.6) is 5.75 Å². The quantitative estimate of drug-likeness (QED) is 0.442. The Morgan fingerprint density at radius 3 is 2.50 bits per heavy atom. The minimum absolute atomic E-state index is 0.00320. The fourth-order valence-electron chi connectivity index (χ4n) is 1.43. The molecule has 7 nitrogen and oxygen atoms in total. The lowest BCUT2D eigenvalue weighted by molar-refractivity contribution is -0.153. The number of carbonyl (C=O) groups is 2. The van der Waals surface area contributed by atoms with Crippen LogP contribution in [-0.2, 0) is 19.2 Å². The lowest BCUT2D eigenvalue weighted by atomic mass is 10.2.